The molecule has 1 aliphatic rings. The minimum atomic E-state index is -0.602. The van der Waals surface area contributed by atoms with E-state index in [1.807, 2.05) is 59.0 Å². The molecule has 0 fully saturated rings. The lowest BCUT2D eigenvalue weighted by molar-refractivity contribution is -0.118. The van der Waals surface area contributed by atoms with E-state index in [0.717, 1.165) is 11.3 Å². The first-order chi connectivity index (χ1) is 14.2. The first-order valence-electron chi connectivity index (χ1n) is 10.1. The first kappa shape index (κ1) is 21.5. The molecule has 2 aromatic rings. The maximum atomic E-state index is 12.8. The van der Waals surface area contributed by atoms with Crippen LogP contribution in [0, 0.1) is 5.92 Å². The topological polar surface area (TPSA) is 98.1 Å². The van der Waals surface area contributed by atoms with E-state index in [1.165, 1.54) is 0 Å². The molecule has 1 aliphatic heterocycles. The number of pyridine rings is 1. The number of nitrogens with zero attached hydrogens (tertiary/aromatic N) is 3. The van der Waals surface area contributed by atoms with E-state index < -0.39 is 17.7 Å². The molecule has 0 aliphatic carbocycles. The van der Waals surface area contributed by atoms with E-state index in [0.29, 0.717) is 24.2 Å². The standard InChI is InChI=1S/C22H29N5O3/c1-6-14-8-7-9-16(26-21(29)30-22(2,3)4)17-12-15(10-11-23-17)19-18(25-20(14)28)13-24-27(19)5/h7-8,10-14,16H,6,9H2,1-5H3,(H,25,28)(H,26,29)/t14-,16+/m1/s1. The van der Waals surface area contributed by atoms with Crippen molar-refractivity contribution in [3.05, 3.63) is 42.4 Å². The lowest BCUT2D eigenvalue weighted by Gasteiger charge is -2.23. The number of carbonyl (C=O) groups excluding carboxylic acids is 2. The summed E-state index contributed by atoms with van der Waals surface area (Å²) >= 11 is 0. The molecule has 2 aromatic heterocycles. The first-order valence-corrected chi connectivity index (χ1v) is 10.1. The van der Waals surface area contributed by atoms with E-state index in [2.05, 4.69) is 20.7 Å². The molecule has 8 heteroatoms. The fourth-order valence-corrected chi connectivity index (χ4v) is 3.37. The smallest absolute Gasteiger partial charge is 0.408 e. The SMILES string of the molecule is CC[C@@H]1C=CC[C@H](NC(=O)OC(C)(C)C)c2cc(ccn2)-c2c(cnn2C)NC1=O. The molecule has 2 bridgehead atoms. The second-order valence-electron chi connectivity index (χ2n) is 8.37. The van der Waals surface area contributed by atoms with Gasteiger partial charge in [-0.25, -0.2) is 4.79 Å². The number of alkyl carbamates (subject to hydrolysis) is 1. The summed E-state index contributed by atoms with van der Waals surface area (Å²) in [6.45, 7) is 7.42. The molecule has 0 spiro atoms. The third-order valence-electron chi connectivity index (χ3n) is 4.82. The van der Waals surface area contributed by atoms with Crippen LogP contribution in [0.25, 0.3) is 11.3 Å². The molecule has 0 radical (unpaired) electrons. The number of hydrogen-bond donors (Lipinski definition) is 2. The molecular formula is C22H29N5O3. The van der Waals surface area contributed by atoms with Crippen molar-refractivity contribution in [1.29, 1.82) is 0 Å². The highest BCUT2D eigenvalue weighted by atomic mass is 16.6. The van der Waals surface area contributed by atoms with Gasteiger partial charge in [-0.2, -0.15) is 5.10 Å². The van der Waals surface area contributed by atoms with Crippen LogP contribution in [0.15, 0.2) is 36.7 Å². The molecule has 2 N–H and O–H groups in total. The molecule has 3 rings (SSSR count). The number of aryl methyl sites for hydroxylation is 1. The highest BCUT2D eigenvalue weighted by Crippen LogP contribution is 2.30. The van der Waals surface area contributed by atoms with Gasteiger partial charge in [-0.15, -0.1) is 0 Å². The Morgan fingerprint density at radius 3 is 2.87 bits per heavy atom. The Kier molecular flexibility index (Phi) is 6.24. The number of amides is 2. The summed E-state index contributed by atoms with van der Waals surface area (Å²) in [5.41, 5.74) is 2.38. The number of rotatable bonds is 2. The average Bonchev–Trinajstić information content (AvgIpc) is 3.02. The Bertz CT molecular complexity index is 958. The zero-order chi connectivity index (χ0) is 21.9. The summed E-state index contributed by atoms with van der Waals surface area (Å²) in [6, 6.07) is 3.37. The van der Waals surface area contributed by atoms with Crippen LogP contribution in [0.3, 0.4) is 0 Å². The fourth-order valence-electron chi connectivity index (χ4n) is 3.37. The molecule has 160 valence electrons. The lowest BCUT2D eigenvalue weighted by Crippen LogP contribution is -2.35. The number of fused-ring (bicyclic) bond motifs is 4. The normalized spacial score (nSPS) is 19.2. The number of hydrogen-bond acceptors (Lipinski definition) is 5. The second-order valence-corrected chi connectivity index (χ2v) is 8.37. The molecule has 30 heavy (non-hydrogen) atoms. The minimum Gasteiger partial charge on any atom is -0.444 e. The van der Waals surface area contributed by atoms with Crippen LogP contribution in [0.2, 0.25) is 0 Å². The van der Waals surface area contributed by atoms with Gasteiger partial charge < -0.3 is 15.4 Å². The highest BCUT2D eigenvalue weighted by molar-refractivity contribution is 5.96. The van der Waals surface area contributed by atoms with Crippen LogP contribution in [-0.4, -0.2) is 32.4 Å². The van der Waals surface area contributed by atoms with Gasteiger partial charge in [0.25, 0.3) is 0 Å². The van der Waals surface area contributed by atoms with Crippen molar-refractivity contribution in [3.8, 4) is 11.3 Å². The Labute approximate surface area is 176 Å². The summed E-state index contributed by atoms with van der Waals surface area (Å²) in [5, 5.41) is 10.2. The Morgan fingerprint density at radius 2 is 2.17 bits per heavy atom. The number of carbonyl (C=O) groups is 2. The van der Waals surface area contributed by atoms with Gasteiger partial charge in [-0.1, -0.05) is 19.1 Å². The molecular weight excluding hydrogens is 382 g/mol. The minimum absolute atomic E-state index is 0.0884. The largest absolute Gasteiger partial charge is 0.444 e. The van der Waals surface area contributed by atoms with Crippen molar-refractivity contribution in [2.24, 2.45) is 13.0 Å². The average molecular weight is 412 g/mol. The van der Waals surface area contributed by atoms with Gasteiger partial charge in [0.1, 0.15) is 5.60 Å². The number of aromatic nitrogens is 3. The number of anilines is 1. The summed E-state index contributed by atoms with van der Waals surface area (Å²) in [5.74, 6) is -0.375. The predicted molar refractivity (Wildman–Crippen MR) is 115 cm³/mol. The van der Waals surface area contributed by atoms with E-state index >= 15 is 0 Å². The quantitative estimate of drug-likeness (QED) is 0.729. The lowest BCUT2D eigenvalue weighted by atomic mass is 10.00. The molecule has 0 saturated heterocycles. The molecule has 0 aromatic carbocycles. The van der Waals surface area contributed by atoms with Crippen molar-refractivity contribution >= 4 is 17.7 Å². The van der Waals surface area contributed by atoms with Crippen molar-refractivity contribution in [1.82, 2.24) is 20.1 Å². The molecule has 8 nitrogen and oxygen atoms in total. The van der Waals surface area contributed by atoms with Crippen molar-refractivity contribution in [3.63, 3.8) is 0 Å². The number of ether oxygens (including phenoxy) is 1. The van der Waals surface area contributed by atoms with Gasteiger partial charge in [-0.3, -0.25) is 14.5 Å². The van der Waals surface area contributed by atoms with Gasteiger partial charge >= 0.3 is 6.09 Å². The van der Waals surface area contributed by atoms with Crippen LogP contribution in [0.5, 0.6) is 0 Å². The zero-order valence-electron chi connectivity index (χ0n) is 18.1. The second kappa shape index (κ2) is 8.69. The van der Waals surface area contributed by atoms with E-state index in [1.54, 1.807) is 17.1 Å². The van der Waals surface area contributed by atoms with Gasteiger partial charge in [0.05, 0.1) is 35.2 Å². The van der Waals surface area contributed by atoms with Crippen LogP contribution in [0.4, 0.5) is 10.5 Å². The van der Waals surface area contributed by atoms with Crippen LogP contribution < -0.4 is 10.6 Å². The fraction of sp³-hybridized carbons (Fsp3) is 0.455. The summed E-state index contributed by atoms with van der Waals surface area (Å²) in [6.07, 6.45) is 7.76. The third-order valence-corrected chi connectivity index (χ3v) is 4.82. The van der Waals surface area contributed by atoms with Gasteiger partial charge in [0.15, 0.2) is 0 Å². The molecule has 0 saturated carbocycles. The predicted octanol–water partition coefficient (Wildman–Crippen LogP) is 3.97. The summed E-state index contributed by atoms with van der Waals surface area (Å²) < 4.78 is 7.14. The zero-order valence-corrected chi connectivity index (χ0v) is 18.1. The highest BCUT2D eigenvalue weighted by Gasteiger charge is 2.24. The monoisotopic (exact) mass is 411 g/mol. The Morgan fingerprint density at radius 1 is 1.40 bits per heavy atom. The Hall–Kier alpha value is -3.16. The van der Waals surface area contributed by atoms with Gasteiger partial charge in [0.2, 0.25) is 5.91 Å². The third kappa shape index (κ3) is 5.06. The molecule has 2 atom stereocenters. The molecule has 3 heterocycles. The van der Waals surface area contributed by atoms with E-state index in [4.69, 9.17) is 4.74 Å². The van der Waals surface area contributed by atoms with Gasteiger partial charge in [0, 0.05) is 18.8 Å². The molecule has 0 unspecified atom stereocenters. The van der Waals surface area contributed by atoms with Crippen molar-refractivity contribution in [2.45, 2.75) is 52.2 Å². The van der Waals surface area contributed by atoms with Crippen LogP contribution in [0.1, 0.15) is 52.3 Å². The summed E-state index contributed by atoms with van der Waals surface area (Å²) in [4.78, 5) is 29.7. The van der Waals surface area contributed by atoms with Crippen molar-refractivity contribution < 1.29 is 14.3 Å². The van der Waals surface area contributed by atoms with Crippen LogP contribution >= 0.6 is 0 Å². The van der Waals surface area contributed by atoms with E-state index in [-0.39, 0.29) is 11.8 Å². The Balaban J connectivity index is 2.03. The van der Waals surface area contributed by atoms with Crippen molar-refractivity contribution in [2.75, 3.05) is 5.32 Å². The maximum absolute atomic E-state index is 12.8. The number of nitrogens with one attached hydrogen (secondary N) is 2. The summed E-state index contributed by atoms with van der Waals surface area (Å²) in [7, 11) is 1.82. The van der Waals surface area contributed by atoms with Crippen LogP contribution in [-0.2, 0) is 16.6 Å². The maximum Gasteiger partial charge on any atom is 0.408 e. The molecule has 2 amide bonds. The van der Waals surface area contributed by atoms with Gasteiger partial charge in [-0.05, 0) is 45.7 Å². The van der Waals surface area contributed by atoms with E-state index in [9.17, 15) is 9.59 Å².